The Morgan fingerprint density at radius 1 is 1.24 bits per heavy atom. The first-order chi connectivity index (χ1) is 16.2. The number of hydrogen-bond donors (Lipinski definition) is 2. The molecule has 2 aliphatic rings. The second-order valence-corrected chi connectivity index (χ2v) is 9.96. The fourth-order valence-electron chi connectivity index (χ4n) is 5.51. The minimum atomic E-state index is -0.822. The SMILES string of the molecule is COc1cccc(CCC(=O)Nc2ccc(C)c(C3CC4CNC(C)CC4[N+](C)([O-])C3=O)c2)c1. The molecule has 2 amide bonds. The van der Waals surface area contributed by atoms with Crippen LogP contribution in [0.2, 0.25) is 0 Å². The number of likely N-dealkylation sites (tertiary alicyclic amines) is 1. The van der Waals surface area contributed by atoms with Crippen molar-refractivity contribution in [1.82, 2.24) is 5.32 Å². The second kappa shape index (κ2) is 9.86. The summed E-state index contributed by atoms with van der Waals surface area (Å²) in [6, 6.07) is 13.4. The van der Waals surface area contributed by atoms with Gasteiger partial charge in [-0.15, -0.1) is 0 Å². The van der Waals surface area contributed by atoms with Gasteiger partial charge in [0.15, 0.2) is 0 Å². The number of rotatable bonds is 6. The molecule has 2 aliphatic heterocycles. The van der Waals surface area contributed by atoms with Crippen molar-refractivity contribution in [2.75, 3.05) is 26.0 Å². The number of piperidine rings is 2. The number of amides is 2. The van der Waals surface area contributed by atoms with Crippen LogP contribution in [0, 0.1) is 18.0 Å². The summed E-state index contributed by atoms with van der Waals surface area (Å²) in [5.41, 5.74) is 3.49. The van der Waals surface area contributed by atoms with Crippen LogP contribution in [0.1, 0.15) is 48.8 Å². The lowest BCUT2D eigenvalue weighted by Gasteiger charge is -2.54. The molecule has 0 saturated carbocycles. The van der Waals surface area contributed by atoms with Crippen molar-refractivity contribution in [3.63, 3.8) is 0 Å². The summed E-state index contributed by atoms with van der Waals surface area (Å²) < 4.78 is 4.42. The number of aryl methyl sites for hydroxylation is 2. The predicted molar refractivity (Wildman–Crippen MR) is 132 cm³/mol. The summed E-state index contributed by atoms with van der Waals surface area (Å²) in [7, 11) is 3.14. The van der Waals surface area contributed by atoms with Gasteiger partial charge in [-0.05, 0) is 67.6 Å². The Bertz CT molecular complexity index is 1070. The van der Waals surface area contributed by atoms with Gasteiger partial charge in [0.05, 0.1) is 14.2 Å². The van der Waals surface area contributed by atoms with Crippen LogP contribution in [0.25, 0.3) is 0 Å². The maximum absolute atomic E-state index is 13.5. The zero-order chi connectivity index (χ0) is 24.5. The van der Waals surface area contributed by atoms with Gasteiger partial charge < -0.3 is 20.6 Å². The number of ether oxygens (including phenoxy) is 1. The highest BCUT2D eigenvalue weighted by Crippen LogP contribution is 2.42. The first-order valence-electron chi connectivity index (χ1n) is 12.1. The van der Waals surface area contributed by atoms with E-state index in [1.165, 1.54) is 7.05 Å². The standard InChI is InChI=1S/C27H35N3O4/c1-17-8-10-21(29-26(31)11-9-19-6-5-7-22(13-19)34-4)15-23(17)24-14-20-16-28-18(2)12-25(20)30(3,33)27(24)32/h5-8,10,13,15,18,20,24-25,28H,9,11-12,14,16H2,1-4H3,(H,29,31). The smallest absolute Gasteiger partial charge is 0.321 e. The van der Waals surface area contributed by atoms with E-state index in [0.717, 1.165) is 29.0 Å². The van der Waals surface area contributed by atoms with Crippen LogP contribution in [0.3, 0.4) is 0 Å². The zero-order valence-electron chi connectivity index (χ0n) is 20.5. The van der Waals surface area contributed by atoms with Crippen molar-refractivity contribution in [3.8, 4) is 5.75 Å². The molecular formula is C27H35N3O4. The Morgan fingerprint density at radius 2 is 2.03 bits per heavy atom. The highest BCUT2D eigenvalue weighted by Gasteiger charge is 2.50. The number of nitrogens with one attached hydrogen (secondary N) is 2. The molecule has 4 rings (SSSR count). The van der Waals surface area contributed by atoms with Gasteiger partial charge in [0.2, 0.25) is 5.91 Å². The average Bonchev–Trinajstić information content (AvgIpc) is 2.82. The molecule has 0 bridgehead atoms. The molecule has 2 aromatic rings. The van der Waals surface area contributed by atoms with Crippen LogP contribution >= 0.6 is 0 Å². The van der Waals surface area contributed by atoms with Crippen LogP contribution in [-0.2, 0) is 16.0 Å². The van der Waals surface area contributed by atoms with E-state index in [0.29, 0.717) is 31.4 Å². The highest BCUT2D eigenvalue weighted by atomic mass is 16.6. The Kier molecular flexibility index (Phi) is 7.07. The van der Waals surface area contributed by atoms with Gasteiger partial charge >= 0.3 is 5.91 Å². The van der Waals surface area contributed by atoms with Gasteiger partial charge in [-0.3, -0.25) is 9.44 Å². The van der Waals surface area contributed by atoms with Gasteiger partial charge in [-0.1, -0.05) is 18.2 Å². The average molecular weight is 466 g/mol. The molecule has 0 aromatic heterocycles. The third-order valence-electron chi connectivity index (χ3n) is 7.49. The molecule has 182 valence electrons. The van der Waals surface area contributed by atoms with E-state index in [2.05, 4.69) is 17.6 Å². The van der Waals surface area contributed by atoms with Gasteiger partial charge in [0.1, 0.15) is 17.7 Å². The molecule has 0 spiro atoms. The molecule has 7 heteroatoms. The number of fused-ring (bicyclic) bond motifs is 1. The lowest BCUT2D eigenvalue weighted by Crippen LogP contribution is -2.65. The number of nitrogens with zero attached hydrogens (tertiary/aromatic N) is 1. The van der Waals surface area contributed by atoms with E-state index in [9.17, 15) is 14.8 Å². The maximum atomic E-state index is 13.5. The molecule has 2 aromatic carbocycles. The van der Waals surface area contributed by atoms with E-state index in [1.54, 1.807) is 7.11 Å². The number of benzene rings is 2. The molecule has 5 unspecified atom stereocenters. The third kappa shape index (κ3) is 5.02. The summed E-state index contributed by atoms with van der Waals surface area (Å²) in [5, 5.41) is 19.9. The fraction of sp³-hybridized carbons (Fsp3) is 0.481. The lowest BCUT2D eigenvalue weighted by atomic mass is 9.74. The topological polar surface area (TPSA) is 90.5 Å². The number of carbonyl (C=O) groups is 2. The molecule has 2 N–H and O–H groups in total. The van der Waals surface area contributed by atoms with Crippen molar-refractivity contribution in [1.29, 1.82) is 0 Å². The van der Waals surface area contributed by atoms with Crippen molar-refractivity contribution in [2.24, 2.45) is 5.92 Å². The quantitative estimate of drug-likeness (QED) is 0.499. The Labute approximate surface area is 201 Å². The largest absolute Gasteiger partial charge is 0.625 e. The monoisotopic (exact) mass is 465 g/mol. The van der Waals surface area contributed by atoms with Crippen molar-refractivity contribution in [3.05, 3.63) is 64.4 Å². The summed E-state index contributed by atoms with van der Waals surface area (Å²) in [4.78, 5) is 26.0. The molecule has 0 aliphatic carbocycles. The van der Waals surface area contributed by atoms with Gasteiger partial charge in [0, 0.05) is 37.0 Å². The molecule has 2 heterocycles. The van der Waals surface area contributed by atoms with Crippen molar-refractivity contribution < 1.29 is 19.0 Å². The number of hydrogen-bond acceptors (Lipinski definition) is 5. The van der Waals surface area contributed by atoms with Crippen LogP contribution in [-0.4, -0.2) is 49.2 Å². The maximum Gasteiger partial charge on any atom is 0.321 e. The van der Waals surface area contributed by atoms with E-state index in [-0.39, 0.29) is 29.8 Å². The Hall–Kier alpha value is -2.74. The fourth-order valence-corrected chi connectivity index (χ4v) is 5.51. The van der Waals surface area contributed by atoms with Crippen LogP contribution in [0.15, 0.2) is 42.5 Å². The minimum absolute atomic E-state index is 0.0948. The highest BCUT2D eigenvalue weighted by molar-refractivity contribution is 5.91. The minimum Gasteiger partial charge on any atom is -0.625 e. The van der Waals surface area contributed by atoms with Gasteiger partial charge in [-0.25, -0.2) is 4.79 Å². The van der Waals surface area contributed by atoms with Crippen molar-refractivity contribution in [2.45, 2.75) is 57.5 Å². The number of anilines is 1. The number of quaternary nitrogens is 1. The number of methoxy groups -OCH3 is 1. The zero-order valence-corrected chi connectivity index (χ0v) is 20.5. The predicted octanol–water partition coefficient (Wildman–Crippen LogP) is 3.90. The van der Waals surface area contributed by atoms with E-state index in [1.807, 2.05) is 49.4 Å². The van der Waals surface area contributed by atoms with E-state index >= 15 is 0 Å². The van der Waals surface area contributed by atoms with Gasteiger partial charge in [-0.2, -0.15) is 0 Å². The number of hydroxylamine groups is 3. The van der Waals surface area contributed by atoms with Crippen molar-refractivity contribution >= 4 is 17.5 Å². The molecule has 2 saturated heterocycles. The summed E-state index contributed by atoms with van der Waals surface area (Å²) in [5.74, 6) is 0.0869. The lowest BCUT2D eigenvalue weighted by molar-refractivity contribution is -0.822. The molecule has 0 radical (unpaired) electrons. The first-order valence-corrected chi connectivity index (χ1v) is 12.1. The summed E-state index contributed by atoms with van der Waals surface area (Å²) >= 11 is 0. The molecule has 2 fully saturated rings. The van der Waals surface area contributed by atoms with Crippen LogP contribution < -0.4 is 15.4 Å². The summed E-state index contributed by atoms with van der Waals surface area (Å²) in [6.45, 7) is 4.78. The first kappa shape index (κ1) is 24.4. The third-order valence-corrected chi connectivity index (χ3v) is 7.49. The van der Waals surface area contributed by atoms with E-state index < -0.39 is 10.6 Å². The van der Waals surface area contributed by atoms with Crippen LogP contribution in [0.5, 0.6) is 5.75 Å². The number of likely N-dealkylation sites (N-methyl/N-ethyl adjacent to an activating group) is 1. The molecular weight excluding hydrogens is 430 g/mol. The normalized spacial score (nSPS) is 28.8. The summed E-state index contributed by atoms with van der Waals surface area (Å²) in [6.07, 6.45) is 2.31. The van der Waals surface area contributed by atoms with Gasteiger partial charge in [0.25, 0.3) is 0 Å². The Morgan fingerprint density at radius 3 is 2.79 bits per heavy atom. The van der Waals surface area contributed by atoms with Crippen LogP contribution in [0.4, 0.5) is 5.69 Å². The molecule has 5 atom stereocenters. The second-order valence-electron chi connectivity index (χ2n) is 9.96. The van der Waals surface area contributed by atoms with E-state index in [4.69, 9.17) is 4.74 Å². The molecule has 7 nitrogen and oxygen atoms in total. The molecule has 34 heavy (non-hydrogen) atoms. The Balaban J connectivity index is 1.47. The number of carbonyl (C=O) groups excluding carboxylic acids is 2.